The van der Waals surface area contributed by atoms with Crippen LogP contribution in [0.5, 0.6) is 0 Å². The van der Waals surface area contributed by atoms with Gasteiger partial charge in [0.05, 0.1) is 5.52 Å². The van der Waals surface area contributed by atoms with Gasteiger partial charge >= 0.3 is 0 Å². The van der Waals surface area contributed by atoms with Crippen molar-refractivity contribution in [2.75, 3.05) is 5.32 Å². The minimum atomic E-state index is -0.362. The molecule has 0 fully saturated rings. The molecule has 1 aliphatic heterocycles. The number of para-hydroxylation sites is 2. The van der Waals surface area contributed by atoms with Gasteiger partial charge in [-0.3, -0.25) is 9.59 Å². The van der Waals surface area contributed by atoms with E-state index in [4.69, 9.17) is 0 Å². The normalized spacial score (nSPS) is 12.5. The van der Waals surface area contributed by atoms with Gasteiger partial charge in [-0.25, -0.2) is 0 Å². The van der Waals surface area contributed by atoms with E-state index in [1.54, 1.807) is 22.8 Å². The first kappa shape index (κ1) is 12.8. The molecule has 2 aromatic carbocycles. The summed E-state index contributed by atoms with van der Waals surface area (Å²) in [6.45, 7) is 0.640. The lowest BCUT2D eigenvalue weighted by Crippen LogP contribution is -2.28. The SMILES string of the molecule is O=C(Nc1ccccc1)c1cc2cccc3c2n(c1=O)CC3. The Morgan fingerprint density at radius 2 is 1.86 bits per heavy atom. The van der Waals surface area contributed by atoms with Gasteiger partial charge in [0.1, 0.15) is 5.56 Å². The van der Waals surface area contributed by atoms with Crippen molar-refractivity contribution in [1.82, 2.24) is 4.57 Å². The molecule has 3 aromatic rings. The van der Waals surface area contributed by atoms with Crippen LogP contribution in [0.2, 0.25) is 0 Å². The van der Waals surface area contributed by atoms with Crippen LogP contribution in [0.25, 0.3) is 10.9 Å². The van der Waals surface area contributed by atoms with E-state index in [-0.39, 0.29) is 17.0 Å². The van der Waals surface area contributed by atoms with Crippen LogP contribution in [0, 0.1) is 0 Å². The Morgan fingerprint density at radius 3 is 2.68 bits per heavy atom. The number of amides is 1. The van der Waals surface area contributed by atoms with Crippen LogP contribution in [0.15, 0.2) is 59.4 Å². The van der Waals surface area contributed by atoms with Crippen molar-refractivity contribution in [3.05, 3.63) is 76.1 Å². The van der Waals surface area contributed by atoms with Gasteiger partial charge in [0.25, 0.3) is 11.5 Å². The molecule has 1 aliphatic rings. The van der Waals surface area contributed by atoms with Crippen molar-refractivity contribution in [3.8, 4) is 0 Å². The quantitative estimate of drug-likeness (QED) is 0.789. The first-order chi connectivity index (χ1) is 10.7. The highest BCUT2D eigenvalue weighted by atomic mass is 16.2. The highest BCUT2D eigenvalue weighted by molar-refractivity contribution is 6.06. The zero-order valence-corrected chi connectivity index (χ0v) is 11.9. The fraction of sp³-hybridized carbons (Fsp3) is 0.111. The number of anilines is 1. The van der Waals surface area contributed by atoms with Gasteiger partial charge in [-0.1, -0.05) is 36.4 Å². The topological polar surface area (TPSA) is 51.1 Å². The predicted octanol–water partition coefficient (Wildman–Crippen LogP) is 2.81. The number of hydrogen-bond donors (Lipinski definition) is 1. The van der Waals surface area contributed by atoms with E-state index in [1.807, 2.05) is 36.4 Å². The molecule has 0 unspecified atom stereocenters. The molecular weight excluding hydrogens is 276 g/mol. The molecule has 0 aliphatic carbocycles. The zero-order valence-electron chi connectivity index (χ0n) is 11.9. The van der Waals surface area contributed by atoms with Gasteiger partial charge in [-0.05, 0) is 35.6 Å². The molecule has 0 atom stereocenters. The molecule has 0 saturated carbocycles. The van der Waals surface area contributed by atoms with Crippen molar-refractivity contribution in [2.45, 2.75) is 13.0 Å². The number of aryl methyl sites for hydroxylation is 2. The third-order valence-electron chi connectivity index (χ3n) is 4.08. The lowest BCUT2D eigenvalue weighted by atomic mass is 10.1. The van der Waals surface area contributed by atoms with Crippen LogP contribution in [0.1, 0.15) is 15.9 Å². The molecule has 0 radical (unpaired) electrons. The first-order valence-corrected chi connectivity index (χ1v) is 7.26. The maximum atomic E-state index is 12.6. The van der Waals surface area contributed by atoms with Crippen molar-refractivity contribution in [2.24, 2.45) is 0 Å². The Bertz CT molecular complexity index is 942. The molecule has 1 amide bonds. The Labute approximate surface area is 127 Å². The molecule has 2 heterocycles. The monoisotopic (exact) mass is 290 g/mol. The maximum absolute atomic E-state index is 12.6. The van der Waals surface area contributed by atoms with Gasteiger partial charge in [0.15, 0.2) is 0 Å². The predicted molar refractivity (Wildman–Crippen MR) is 86.3 cm³/mol. The highest BCUT2D eigenvalue weighted by Crippen LogP contribution is 2.24. The van der Waals surface area contributed by atoms with E-state index in [0.29, 0.717) is 12.2 Å². The van der Waals surface area contributed by atoms with Gasteiger partial charge in [0.2, 0.25) is 0 Å². The summed E-state index contributed by atoms with van der Waals surface area (Å²) < 4.78 is 1.71. The summed E-state index contributed by atoms with van der Waals surface area (Å²) in [5, 5.41) is 3.72. The molecule has 4 nitrogen and oxygen atoms in total. The molecule has 4 rings (SSSR count). The second-order valence-electron chi connectivity index (χ2n) is 5.44. The standard InChI is InChI=1S/C18H14N2O2/c21-17(19-14-7-2-1-3-8-14)15-11-13-6-4-5-12-9-10-20(16(12)13)18(15)22/h1-8,11H,9-10H2,(H,19,21). The molecule has 4 heteroatoms. The summed E-state index contributed by atoms with van der Waals surface area (Å²) in [7, 11) is 0. The summed E-state index contributed by atoms with van der Waals surface area (Å²) >= 11 is 0. The molecule has 22 heavy (non-hydrogen) atoms. The number of hydrogen-bond acceptors (Lipinski definition) is 2. The molecular formula is C18H14N2O2. The third-order valence-corrected chi connectivity index (χ3v) is 4.08. The van der Waals surface area contributed by atoms with E-state index >= 15 is 0 Å². The summed E-state index contributed by atoms with van der Waals surface area (Å²) in [6, 6.07) is 16.8. The average Bonchev–Trinajstić information content (AvgIpc) is 2.97. The molecule has 1 aromatic heterocycles. The molecule has 108 valence electrons. The number of nitrogens with one attached hydrogen (secondary N) is 1. The number of carbonyl (C=O) groups is 1. The van der Waals surface area contributed by atoms with Crippen LogP contribution in [0.3, 0.4) is 0 Å². The van der Waals surface area contributed by atoms with Crippen LogP contribution in [0.4, 0.5) is 5.69 Å². The molecule has 1 N–H and O–H groups in total. The van der Waals surface area contributed by atoms with E-state index < -0.39 is 0 Å². The minimum Gasteiger partial charge on any atom is -0.322 e. The van der Waals surface area contributed by atoms with Gasteiger partial charge in [-0.15, -0.1) is 0 Å². The van der Waals surface area contributed by atoms with Crippen molar-refractivity contribution >= 4 is 22.5 Å². The van der Waals surface area contributed by atoms with E-state index in [1.165, 1.54) is 5.56 Å². The lowest BCUT2D eigenvalue weighted by Gasteiger charge is -2.09. The molecule has 0 bridgehead atoms. The van der Waals surface area contributed by atoms with Crippen molar-refractivity contribution in [1.29, 1.82) is 0 Å². The van der Waals surface area contributed by atoms with Crippen LogP contribution < -0.4 is 10.9 Å². The molecule has 0 saturated heterocycles. The smallest absolute Gasteiger partial charge is 0.263 e. The summed E-state index contributed by atoms with van der Waals surface area (Å²) in [6.07, 6.45) is 0.844. The van der Waals surface area contributed by atoms with Gasteiger partial charge < -0.3 is 9.88 Å². The lowest BCUT2D eigenvalue weighted by molar-refractivity contribution is 0.102. The summed E-state index contributed by atoms with van der Waals surface area (Å²) in [5.41, 5.74) is 2.79. The Balaban J connectivity index is 1.82. The fourth-order valence-corrected chi connectivity index (χ4v) is 3.05. The van der Waals surface area contributed by atoms with Crippen LogP contribution in [-0.4, -0.2) is 10.5 Å². The highest BCUT2D eigenvalue weighted by Gasteiger charge is 2.20. The largest absolute Gasteiger partial charge is 0.322 e. The Hall–Kier alpha value is -2.88. The number of nitrogens with zero attached hydrogens (tertiary/aromatic N) is 1. The van der Waals surface area contributed by atoms with Crippen molar-refractivity contribution in [3.63, 3.8) is 0 Å². The number of benzene rings is 2. The number of pyridine rings is 1. The second kappa shape index (κ2) is 4.84. The summed E-state index contributed by atoms with van der Waals surface area (Å²) in [4.78, 5) is 25.0. The Morgan fingerprint density at radius 1 is 1.05 bits per heavy atom. The number of aromatic nitrogens is 1. The maximum Gasteiger partial charge on any atom is 0.263 e. The molecule has 0 spiro atoms. The van der Waals surface area contributed by atoms with E-state index in [2.05, 4.69) is 5.32 Å². The van der Waals surface area contributed by atoms with Crippen LogP contribution >= 0.6 is 0 Å². The summed E-state index contributed by atoms with van der Waals surface area (Å²) in [5.74, 6) is -0.362. The zero-order chi connectivity index (χ0) is 15.1. The minimum absolute atomic E-state index is 0.190. The van der Waals surface area contributed by atoms with E-state index in [9.17, 15) is 9.59 Å². The van der Waals surface area contributed by atoms with Crippen molar-refractivity contribution < 1.29 is 4.79 Å². The fourth-order valence-electron chi connectivity index (χ4n) is 3.05. The van der Waals surface area contributed by atoms with Gasteiger partial charge in [0, 0.05) is 12.2 Å². The van der Waals surface area contributed by atoms with Gasteiger partial charge in [-0.2, -0.15) is 0 Å². The third kappa shape index (κ3) is 1.92. The van der Waals surface area contributed by atoms with E-state index in [0.717, 1.165) is 17.3 Å². The second-order valence-corrected chi connectivity index (χ2v) is 5.44. The average molecular weight is 290 g/mol. The first-order valence-electron chi connectivity index (χ1n) is 7.26. The number of rotatable bonds is 2. The van der Waals surface area contributed by atoms with Crippen LogP contribution in [-0.2, 0) is 13.0 Å². The number of carbonyl (C=O) groups excluding carboxylic acids is 1. The Kier molecular flexibility index (Phi) is 2.82.